The summed E-state index contributed by atoms with van der Waals surface area (Å²) in [5, 5.41) is 0. The predicted molar refractivity (Wildman–Crippen MR) is 95.1 cm³/mol. The van der Waals surface area contributed by atoms with E-state index in [1.54, 1.807) is 6.33 Å². The van der Waals surface area contributed by atoms with E-state index in [0.29, 0.717) is 31.7 Å². The fraction of sp³-hybridized carbons (Fsp3) is 0.421. The molecule has 130 valence electrons. The molecule has 0 spiro atoms. The SMILES string of the molecule is O=C(c1ccc2nc[nH]c2c1)N1CCN(C(=O)[C@H]2CC=CCC2)CC1. The van der Waals surface area contributed by atoms with E-state index in [2.05, 4.69) is 22.1 Å². The highest BCUT2D eigenvalue weighted by molar-refractivity contribution is 5.97. The van der Waals surface area contributed by atoms with E-state index >= 15 is 0 Å². The van der Waals surface area contributed by atoms with Gasteiger partial charge in [-0.05, 0) is 37.5 Å². The molecule has 25 heavy (non-hydrogen) atoms. The van der Waals surface area contributed by atoms with Crippen LogP contribution < -0.4 is 0 Å². The third-order valence-electron chi connectivity index (χ3n) is 5.16. The molecule has 6 heteroatoms. The fourth-order valence-corrected chi connectivity index (χ4v) is 3.66. The van der Waals surface area contributed by atoms with Crippen LogP contribution in [0.25, 0.3) is 11.0 Å². The number of aromatic amines is 1. The maximum absolute atomic E-state index is 12.7. The van der Waals surface area contributed by atoms with Gasteiger partial charge in [0.05, 0.1) is 17.4 Å². The molecule has 2 heterocycles. The van der Waals surface area contributed by atoms with Gasteiger partial charge in [0, 0.05) is 37.7 Å². The Morgan fingerprint density at radius 3 is 2.64 bits per heavy atom. The van der Waals surface area contributed by atoms with Crippen molar-refractivity contribution in [2.24, 2.45) is 5.92 Å². The van der Waals surface area contributed by atoms with Crippen LogP contribution in [0.3, 0.4) is 0 Å². The number of aromatic nitrogens is 2. The summed E-state index contributed by atoms with van der Waals surface area (Å²) in [6.07, 6.45) is 8.67. The van der Waals surface area contributed by atoms with Gasteiger partial charge in [-0.1, -0.05) is 12.2 Å². The molecule has 0 bridgehead atoms. The number of amides is 2. The Hall–Kier alpha value is -2.63. The second-order valence-corrected chi connectivity index (χ2v) is 6.73. The van der Waals surface area contributed by atoms with Crippen molar-refractivity contribution in [3.05, 3.63) is 42.2 Å². The highest BCUT2D eigenvalue weighted by Crippen LogP contribution is 2.22. The maximum Gasteiger partial charge on any atom is 0.254 e. The number of imidazole rings is 1. The number of rotatable bonds is 2. The molecule has 2 aromatic rings. The zero-order valence-corrected chi connectivity index (χ0v) is 14.1. The van der Waals surface area contributed by atoms with Crippen LogP contribution in [0.1, 0.15) is 29.6 Å². The summed E-state index contributed by atoms with van der Waals surface area (Å²) in [6, 6.07) is 5.52. The van der Waals surface area contributed by atoms with E-state index in [1.807, 2.05) is 28.0 Å². The molecule has 6 nitrogen and oxygen atoms in total. The van der Waals surface area contributed by atoms with Crippen LogP contribution in [-0.2, 0) is 4.79 Å². The molecule has 0 saturated carbocycles. The number of carbonyl (C=O) groups is 2. The van der Waals surface area contributed by atoms with Crippen LogP contribution in [-0.4, -0.2) is 57.8 Å². The summed E-state index contributed by atoms with van der Waals surface area (Å²) >= 11 is 0. The quantitative estimate of drug-likeness (QED) is 0.854. The number of hydrogen-bond acceptors (Lipinski definition) is 3. The van der Waals surface area contributed by atoms with E-state index in [0.717, 1.165) is 30.3 Å². The monoisotopic (exact) mass is 338 g/mol. The van der Waals surface area contributed by atoms with Crippen molar-refractivity contribution in [2.75, 3.05) is 26.2 Å². The smallest absolute Gasteiger partial charge is 0.254 e. The predicted octanol–water partition coefficient (Wildman–Crippen LogP) is 2.20. The van der Waals surface area contributed by atoms with Crippen LogP contribution in [0.15, 0.2) is 36.7 Å². The number of nitrogens with zero attached hydrogens (tertiary/aromatic N) is 3. The zero-order chi connectivity index (χ0) is 17.2. The molecule has 1 aliphatic carbocycles. The Morgan fingerprint density at radius 2 is 1.88 bits per heavy atom. The van der Waals surface area contributed by atoms with Gasteiger partial charge in [-0.2, -0.15) is 0 Å². The third kappa shape index (κ3) is 3.16. The van der Waals surface area contributed by atoms with Crippen molar-refractivity contribution in [1.82, 2.24) is 19.8 Å². The van der Waals surface area contributed by atoms with E-state index in [9.17, 15) is 9.59 Å². The molecule has 0 radical (unpaired) electrons. The van der Waals surface area contributed by atoms with Gasteiger partial charge in [0.15, 0.2) is 0 Å². The highest BCUT2D eigenvalue weighted by Gasteiger charge is 2.29. The molecule has 1 aromatic carbocycles. The molecule has 1 N–H and O–H groups in total. The van der Waals surface area contributed by atoms with Crippen LogP contribution in [0.4, 0.5) is 0 Å². The molecule has 1 fully saturated rings. The normalized spacial score (nSPS) is 20.9. The van der Waals surface area contributed by atoms with Gasteiger partial charge in [-0.15, -0.1) is 0 Å². The summed E-state index contributed by atoms with van der Waals surface area (Å²) in [7, 11) is 0. The summed E-state index contributed by atoms with van der Waals surface area (Å²) < 4.78 is 0. The summed E-state index contributed by atoms with van der Waals surface area (Å²) in [4.78, 5) is 36.3. The summed E-state index contributed by atoms with van der Waals surface area (Å²) in [5.74, 6) is 0.384. The number of H-pyrrole nitrogens is 1. The van der Waals surface area contributed by atoms with Crippen LogP contribution in [0.2, 0.25) is 0 Å². The number of piperazine rings is 1. The van der Waals surface area contributed by atoms with E-state index < -0.39 is 0 Å². The number of hydrogen-bond donors (Lipinski definition) is 1. The number of fused-ring (bicyclic) bond motifs is 1. The molecule has 1 aliphatic heterocycles. The van der Waals surface area contributed by atoms with Crippen LogP contribution in [0, 0.1) is 5.92 Å². The maximum atomic E-state index is 12.7. The molecular weight excluding hydrogens is 316 g/mol. The average molecular weight is 338 g/mol. The van der Waals surface area contributed by atoms with E-state index in [4.69, 9.17) is 0 Å². The van der Waals surface area contributed by atoms with Crippen molar-refractivity contribution in [1.29, 1.82) is 0 Å². The van der Waals surface area contributed by atoms with Crippen LogP contribution in [0.5, 0.6) is 0 Å². The zero-order valence-electron chi connectivity index (χ0n) is 14.1. The number of nitrogens with one attached hydrogen (secondary N) is 1. The largest absolute Gasteiger partial charge is 0.345 e. The molecule has 2 amide bonds. The molecule has 1 saturated heterocycles. The minimum atomic E-state index is 0.0178. The van der Waals surface area contributed by atoms with Crippen molar-refractivity contribution in [2.45, 2.75) is 19.3 Å². The number of allylic oxidation sites excluding steroid dienone is 2. The van der Waals surface area contributed by atoms with Gasteiger partial charge in [-0.25, -0.2) is 4.98 Å². The minimum Gasteiger partial charge on any atom is -0.345 e. The Bertz CT molecular complexity index is 818. The lowest BCUT2D eigenvalue weighted by atomic mass is 9.93. The highest BCUT2D eigenvalue weighted by atomic mass is 16.2. The van der Waals surface area contributed by atoms with Crippen molar-refractivity contribution in [3.63, 3.8) is 0 Å². The Morgan fingerprint density at radius 1 is 1.08 bits per heavy atom. The van der Waals surface area contributed by atoms with E-state index in [-0.39, 0.29) is 17.7 Å². The topological polar surface area (TPSA) is 69.3 Å². The number of benzene rings is 1. The molecule has 1 atom stereocenters. The standard InChI is InChI=1S/C19H22N4O2/c24-18(14-4-2-1-3-5-14)22-8-10-23(11-9-22)19(25)15-6-7-16-17(12-15)21-13-20-16/h1-2,6-7,12-14H,3-5,8-11H2,(H,20,21)/t14-/m0/s1. The Kier molecular flexibility index (Phi) is 4.26. The molecule has 0 unspecified atom stereocenters. The Balaban J connectivity index is 1.38. The minimum absolute atomic E-state index is 0.0178. The fourth-order valence-electron chi connectivity index (χ4n) is 3.66. The van der Waals surface area contributed by atoms with Gasteiger partial charge < -0.3 is 14.8 Å². The molecule has 1 aromatic heterocycles. The second-order valence-electron chi connectivity index (χ2n) is 6.73. The average Bonchev–Trinajstić information content (AvgIpc) is 3.15. The molecular formula is C19H22N4O2. The lowest BCUT2D eigenvalue weighted by Crippen LogP contribution is -2.52. The van der Waals surface area contributed by atoms with Crippen molar-refractivity contribution in [3.8, 4) is 0 Å². The third-order valence-corrected chi connectivity index (χ3v) is 5.16. The second kappa shape index (κ2) is 6.70. The van der Waals surface area contributed by atoms with Crippen LogP contribution >= 0.6 is 0 Å². The van der Waals surface area contributed by atoms with E-state index in [1.165, 1.54) is 0 Å². The van der Waals surface area contributed by atoms with Gasteiger partial charge >= 0.3 is 0 Å². The lowest BCUT2D eigenvalue weighted by Gasteiger charge is -2.36. The molecule has 2 aliphatic rings. The first-order valence-corrected chi connectivity index (χ1v) is 8.88. The van der Waals surface area contributed by atoms with Gasteiger partial charge in [0.2, 0.25) is 5.91 Å². The van der Waals surface area contributed by atoms with Gasteiger partial charge in [0.25, 0.3) is 5.91 Å². The number of carbonyl (C=O) groups excluding carboxylic acids is 2. The first-order chi connectivity index (χ1) is 12.2. The summed E-state index contributed by atoms with van der Waals surface area (Å²) in [6.45, 7) is 2.43. The first-order valence-electron chi connectivity index (χ1n) is 8.88. The first kappa shape index (κ1) is 15.9. The summed E-state index contributed by atoms with van der Waals surface area (Å²) in [5.41, 5.74) is 2.38. The lowest BCUT2D eigenvalue weighted by molar-refractivity contribution is -0.137. The van der Waals surface area contributed by atoms with Gasteiger partial charge in [-0.3, -0.25) is 9.59 Å². The van der Waals surface area contributed by atoms with Crippen molar-refractivity contribution < 1.29 is 9.59 Å². The Labute approximate surface area is 146 Å². The van der Waals surface area contributed by atoms with Crippen molar-refractivity contribution >= 4 is 22.8 Å². The van der Waals surface area contributed by atoms with Gasteiger partial charge in [0.1, 0.15) is 0 Å². The molecule has 4 rings (SSSR count).